The molecular weight excluding hydrogens is 434 g/mol. The summed E-state index contributed by atoms with van der Waals surface area (Å²) in [6, 6.07) is 3.33. The molecule has 2 aliphatic carbocycles. The molecule has 0 bridgehead atoms. The van der Waals surface area contributed by atoms with Crippen molar-refractivity contribution in [2.24, 2.45) is 17.8 Å². The zero-order valence-corrected chi connectivity index (χ0v) is 21.2. The Bertz CT molecular complexity index is 746. The lowest BCUT2D eigenvalue weighted by Crippen LogP contribution is -2.32. The second-order valence-electron chi connectivity index (χ2n) is 10.9. The first-order valence-corrected chi connectivity index (χ1v) is 13.9. The number of hydrogen-bond acceptors (Lipinski definition) is 3. The predicted octanol–water partition coefficient (Wildman–Crippen LogP) is 7.81. The topological polar surface area (TPSA) is 27.7 Å². The minimum absolute atomic E-state index is 0.0214. The van der Waals surface area contributed by atoms with Crippen molar-refractivity contribution < 1.29 is 23.0 Å². The van der Waals surface area contributed by atoms with Crippen LogP contribution in [0.2, 0.25) is 0 Å². The van der Waals surface area contributed by atoms with Crippen molar-refractivity contribution in [3.8, 4) is 5.75 Å². The molecule has 3 nitrogen and oxygen atoms in total. The van der Waals surface area contributed by atoms with E-state index >= 15 is 0 Å². The molecule has 0 radical (unpaired) electrons. The molecule has 34 heavy (non-hydrogen) atoms. The Morgan fingerprint density at radius 1 is 0.853 bits per heavy atom. The van der Waals surface area contributed by atoms with Gasteiger partial charge in [-0.25, -0.2) is 4.39 Å². The smallest absolute Gasteiger partial charge is 0.200 e. The summed E-state index contributed by atoms with van der Waals surface area (Å²) >= 11 is 0. The Kier molecular flexibility index (Phi) is 9.64. The average molecular weight is 479 g/mol. The Labute approximate surface area is 204 Å². The third-order valence-electron chi connectivity index (χ3n) is 8.62. The molecule has 4 rings (SSSR count). The quantitative estimate of drug-likeness (QED) is 0.362. The van der Waals surface area contributed by atoms with Gasteiger partial charge >= 0.3 is 0 Å². The van der Waals surface area contributed by atoms with Crippen molar-refractivity contribution in [2.45, 2.75) is 109 Å². The van der Waals surface area contributed by atoms with Gasteiger partial charge in [0.25, 0.3) is 0 Å². The Balaban J connectivity index is 1.17. The zero-order valence-electron chi connectivity index (χ0n) is 21.2. The SMILES string of the molecule is CCCC1CCC(COC2CCC(C3CCC(c4ccc(OCC)c(F)c4F)CC3)CC2)CO1. The summed E-state index contributed by atoms with van der Waals surface area (Å²) < 4.78 is 46.5. The van der Waals surface area contributed by atoms with Gasteiger partial charge in [-0.05, 0) is 107 Å². The number of ether oxygens (including phenoxy) is 3. The van der Waals surface area contributed by atoms with Gasteiger partial charge in [0.2, 0.25) is 5.82 Å². The van der Waals surface area contributed by atoms with Crippen LogP contribution in [0.15, 0.2) is 12.1 Å². The summed E-state index contributed by atoms with van der Waals surface area (Å²) in [5.74, 6) is 0.639. The van der Waals surface area contributed by atoms with Gasteiger partial charge in [0.1, 0.15) is 0 Å². The van der Waals surface area contributed by atoms with Crippen LogP contribution in [-0.4, -0.2) is 32.0 Å². The summed E-state index contributed by atoms with van der Waals surface area (Å²) in [6.07, 6.45) is 14.6. The summed E-state index contributed by atoms with van der Waals surface area (Å²) in [6.45, 7) is 6.05. The molecule has 2 saturated carbocycles. The van der Waals surface area contributed by atoms with Gasteiger partial charge in [0, 0.05) is 5.92 Å². The predicted molar refractivity (Wildman–Crippen MR) is 131 cm³/mol. The lowest BCUT2D eigenvalue weighted by molar-refractivity contribution is -0.0678. The Hall–Kier alpha value is -1.20. The fraction of sp³-hybridized carbons (Fsp3) is 0.793. The van der Waals surface area contributed by atoms with Crippen LogP contribution in [0.25, 0.3) is 0 Å². The van der Waals surface area contributed by atoms with Crippen molar-refractivity contribution in [3.05, 3.63) is 29.3 Å². The van der Waals surface area contributed by atoms with E-state index in [0.29, 0.717) is 30.3 Å². The standard InChI is InChI=1S/C29H44F2O3/c1-3-5-24-13-6-20(18-33-24)19-34-25-14-11-22(12-15-25)21-7-9-23(10-8-21)26-16-17-27(32-4-2)29(31)28(26)30/h16-17,20-25H,3-15,18-19H2,1-2H3. The van der Waals surface area contributed by atoms with Gasteiger partial charge in [0.15, 0.2) is 11.6 Å². The van der Waals surface area contributed by atoms with E-state index < -0.39 is 11.6 Å². The minimum Gasteiger partial charge on any atom is -0.491 e. The number of halogens is 2. The number of rotatable bonds is 9. The van der Waals surface area contributed by atoms with Crippen LogP contribution in [0.3, 0.4) is 0 Å². The number of benzene rings is 1. The van der Waals surface area contributed by atoms with Crippen LogP contribution in [0.4, 0.5) is 8.78 Å². The van der Waals surface area contributed by atoms with Crippen LogP contribution < -0.4 is 4.74 Å². The molecule has 0 spiro atoms. The van der Waals surface area contributed by atoms with E-state index in [1.807, 2.05) is 0 Å². The molecule has 2 unspecified atom stereocenters. The van der Waals surface area contributed by atoms with E-state index in [1.165, 1.54) is 38.5 Å². The molecule has 1 aromatic rings. The maximum Gasteiger partial charge on any atom is 0.200 e. The van der Waals surface area contributed by atoms with Crippen molar-refractivity contribution in [1.82, 2.24) is 0 Å². The van der Waals surface area contributed by atoms with Crippen molar-refractivity contribution in [2.75, 3.05) is 19.8 Å². The number of hydrogen-bond donors (Lipinski definition) is 0. The van der Waals surface area contributed by atoms with E-state index in [-0.39, 0.29) is 11.7 Å². The minimum atomic E-state index is -0.833. The molecule has 192 valence electrons. The lowest BCUT2D eigenvalue weighted by atomic mass is 9.69. The molecule has 1 heterocycles. The molecule has 3 aliphatic rings. The maximum absolute atomic E-state index is 14.6. The molecule has 3 fully saturated rings. The van der Waals surface area contributed by atoms with Crippen LogP contribution >= 0.6 is 0 Å². The largest absolute Gasteiger partial charge is 0.491 e. The average Bonchev–Trinajstić information content (AvgIpc) is 2.87. The van der Waals surface area contributed by atoms with Gasteiger partial charge in [-0.15, -0.1) is 0 Å². The Morgan fingerprint density at radius 3 is 2.18 bits per heavy atom. The molecule has 1 aromatic carbocycles. The van der Waals surface area contributed by atoms with E-state index in [1.54, 1.807) is 19.1 Å². The normalized spacial score (nSPS) is 32.5. The highest BCUT2D eigenvalue weighted by Gasteiger charge is 2.33. The monoisotopic (exact) mass is 478 g/mol. The molecule has 1 saturated heterocycles. The fourth-order valence-electron chi connectivity index (χ4n) is 6.57. The maximum atomic E-state index is 14.6. The summed E-state index contributed by atoms with van der Waals surface area (Å²) in [5.41, 5.74) is 0.532. The van der Waals surface area contributed by atoms with Crippen LogP contribution in [0.1, 0.15) is 102 Å². The van der Waals surface area contributed by atoms with E-state index in [4.69, 9.17) is 14.2 Å². The molecule has 2 atom stereocenters. The first-order chi connectivity index (χ1) is 16.6. The van der Waals surface area contributed by atoms with Crippen LogP contribution in [0, 0.1) is 29.4 Å². The summed E-state index contributed by atoms with van der Waals surface area (Å²) in [5, 5.41) is 0. The molecule has 0 N–H and O–H groups in total. The molecular formula is C29H44F2O3. The first-order valence-electron chi connectivity index (χ1n) is 13.9. The Morgan fingerprint density at radius 2 is 1.56 bits per heavy atom. The van der Waals surface area contributed by atoms with Gasteiger partial charge in [0.05, 0.1) is 32.0 Å². The van der Waals surface area contributed by atoms with Gasteiger partial charge in [-0.3, -0.25) is 0 Å². The lowest BCUT2D eigenvalue weighted by Gasteiger charge is -2.38. The van der Waals surface area contributed by atoms with Crippen LogP contribution in [0.5, 0.6) is 5.75 Å². The van der Waals surface area contributed by atoms with E-state index in [0.717, 1.165) is 63.6 Å². The summed E-state index contributed by atoms with van der Waals surface area (Å²) in [4.78, 5) is 0. The van der Waals surface area contributed by atoms with Gasteiger partial charge < -0.3 is 14.2 Å². The second kappa shape index (κ2) is 12.7. The molecule has 0 aromatic heterocycles. The van der Waals surface area contributed by atoms with Crippen molar-refractivity contribution >= 4 is 0 Å². The van der Waals surface area contributed by atoms with Gasteiger partial charge in [-0.1, -0.05) is 19.4 Å². The second-order valence-corrected chi connectivity index (χ2v) is 10.9. The zero-order chi connectivity index (χ0) is 23.9. The molecule has 5 heteroatoms. The van der Waals surface area contributed by atoms with Crippen molar-refractivity contribution in [1.29, 1.82) is 0 Å². The van der Waals surface area contributed by atoms with Gasteiger partial charge in [-0.2, -0.15) is 4.39 Å². The van der Waals surface area contributed by atoms with Crippen LogP contribution in [-0.2, 0) is 9.47 Å². The fourth-order valence-corrected chi connectivity index (χ4v) is 6.57. The third-order valence-corrected chi connectivity index (χ3v) is 8.62. The van der Waals surface area contributed by atoms with E-state index in [2.05, 4.69) is 6.92 Å². The highest BCUT2D eigenvalue weighted by molar-refractivity contribution is 5.33. The molecule has 0 amide bonds. The third kappa shape index (κ3) is 6.51. The molecule has 1 aliphatic heterocycles. The van der Waals surface area contributed by atoms with E-state index in [9.17, 15) is 8.78 Å². The highest BCUT2D eigenvalue weighted by atomic mass is 19.2. The summed E-state index contributed by atoms with van der Waals surface area (Å²) in [7, 11) is 0. The first kappa shape index (κ1) is 25.9. The van der Waals surface area contributed by atoms with Crippen molar-refractivity contribution in [3.63, 3.8) is 0 Å². The highest BCUT2D eigenvalue weighted by Crippen LogP contribution is 2.44.